The first-order valence-electron chi connectivity index (χ1n) is 4.41. The fraction of sp³-hybridized carbons (Fsp3) is 0. The van der Waals surface area contributed by atoms with Crippen molar-refractivity contribution in [3.8, 4) is 0 Å². The van der Waals surface area contributed by atoms with Crippen LogP contribution in [0.15, 0.2) is 53.3 Å². The molecule has 2 nitrogen and oxygen atoms in total. The Labute approximate surface area is 86.0 Å². The van der Waals surface area contributed by atoms with Crippen LogP contribution in [0.5, 0.6) is 0 Å². The van der Waals surface area contributed by atoms with Crippen LogP contribution in [0.25, 0.3) is 5.03 Å². The van der Waals surface area contributed by atoms with Crippen LogP contribution in [0.2, 0.25) is 0 Å². The largest absolute Gasteiger partial charge is 0.316 e. The third-order valence-electron chi connectivity index (χ3n) is 2.21. The Bertz CT molecular complexity index is 543. The minimum atomic E-state index is 1.04. The molecular formula is C11H8N2S. The van der Waals surface area contributed by atoms with Crippen molar-refractivity contribution in [3.63, 3.8) is 0 Å². The summed E-state index contributed by atoms with van der Waals surface area (Å²) in [6.45, 7) is 0. The summed E-state index contributed by atoms with van der Waals surface area (Å²) < 4.78 is 0. The zero-order valence-corrected chi connectivity index (χ0v) is 8.24. The van der Waals surface area contributed by atoms with Gasteiger partial charge in [0.25, 0.3) is 0 Å². The minimum Gasteiger partial charge on any atom is -0.316 e. The van der Waals surface area contributed by atoms with Gasteiger partial charge in [-0.2, -0.15) is 0 Å². The van der Waals surface area contributed by atoms with E-state index in [1.807, 2.05) is 36.8 Å². The van der Waals surface area contributed by atoms with Crippen LogP contribution >= 0.6 is 11.8 Å². The molecule has 0 unspecified atom stereocenters. The van der Waals surface area contributed by atoms with E-state index in [-0.39, 0.29) is 0 Å². The molecule has 1 aromatic carbocycles. The topological polar surface area (TPSA) is 15.6 Å². The smallest absolute Gasteiger partial charge is 0.0927 e. The molecule has 2 heterocycles. The van der Waals surface area contributed by atoms with Gasteiger partial charge in [0.2, 0.25) is 0 Å². The lowest BCUT2D eigenvalue weighted by Crippen LogP contribution is -2.27. The Balaban J connectivity index is 2.43. The van der Waals surface area contributed by atoms with Crippen molar-refractivity contribution in [2.45, 2.75) is 0 Å². The number of nitrogens with zero attached hydrogens (tertiary/aromatic N) is 2. The molecule has 0 bridgehead atoms. The molecule has 0 atom stereocenters. The van der Waals surface area contributed by atoms with Crippen molar-refractivity contribution in [1.29, 1.82) is 0 Å². The van der Waals surface area contributed by atoms with Gasteiger partial charge in [-0.3, -0.25) is 4.99 Å². The molecule has 14 heavy (non-hydrogen) atoms. The number of hydrogen-bond donors (Lipinski definition) is 0. The van der Waals surface area contributed by atoms with E-state index in [1.165, 1.54) is 10.2 Å². The molecule has 0 fully saturated rings. The fourth-order valence-corrected chi connectivity index (χ4v) is 2.43. The molecule has 0 aromatic heterocycles. The first kappa shape index (κ1) is 7.88. The van der Waals surface area contributed by atoms with Crippen molar-refractivity contribution in [3.05, 3.63) is 58.8 Å². The van der Waals surface area contributed by atoms with Gasteiger partial charge in [-0.25, -0.2) is 0 Å². The van der Waals surface area contributed by atoms with Crippen LogP contribution in [-0.4, -0.2) is 4.90 Å². The highest BCUT2D eigenvalue weighted by molar-refractivity contribution is 8.10. The predicted octanol–water partition coefficient (Wildman–Crippen LogP) is 1.38. The normalized spacial score (nSPS) is 17.4. The van der Waals surface area contributed by atoms with E-state index in [0.29, 0.717) is 0 Å². The molecule has 0 spiro atoms. The molecule has 0 N–H and O–H groups in total. The Hall–Kier alpha value is -1.48. The van der Waals surface area contributed by atoms with Crippen LogP contribution < -0.4 is 10.6 Å². The summed E-state index contributed by atoms with van der Waals surface area (Å²) in [7, 11) is 0. The van der Waals surface area contributed by atoms with Gasteiger partial charge < -0.3 is 4.90 Å². The van der Waals surface area contributed by atoms with Gasteiger partial charge in [-0.1, -0.05) is 30.0 Å². The Morgan fingerprint density at radius 3 is 3.07 bits per heavy atom. The van der Waals surface area contributed by atoms with Gasteiger partial charge in [0.1, 0.15) is 0 Å². The zero-order valence-electron chi connectivity index (χ0n) is 7.42. The van der Waals surface area contributed by atoms with E-state index in [9.17, 15) is 0 Å². The predicted molar refractivity (Wildman–Crippen MR) is 58.3 cm³/mol. The average molecular weight is 200 g/mol. The van der Waals surface area contributed by atoms with Crippen molar-refractivity contribution in [1.82, 2.24) is 4.90 Å². The van der Waals surface area contributed by atoms with E-state index < -0.39 is 0 Å². The zero-order chi connectivity index (χ0) is 9.38. The van der Waals surface area contributed by atoms with Gasteiger partial charge in [-0.15, -0.1) is 0 Å². The summed E-state index contributed by atoms with van der Waals surface area (Å²) in [4.78, 5) is 6.48. The monoisotopic (exact) mass is 200 g/mol. The number of fused-ring (bicyclic) bond motifs is 2. The highest BCUT2D eigenvalue weighted by Crippen LogP contribution is 2.29. The standard InChI is InChI=1S/C11H8N2S/c1-2-4-10-9(3-1)11-13(6-5-12-10)7-8-14-11/h1-8H. The van der Waals surface area contributed by atoms with Gasteiger partial charge >= 0.3 is 0 Å². The molecular weight excluding hydrogens is 192 g/mol. The molecule has 2 aliphatic heterocycles. The number of rotatable bonds is 0. The Morgan fingerprint density at radius 1 is 1.14 bits per heavy atom. The third-order valence-corrected chi connectivity index (χ3v) is 3.12. The van der Waals surface area contributed by atoms with Crippen molar-refractivity contribution < 1.29 is 0 Å². The van der Waals surface area contributed by atoms with Crippen LogP contribution in [0.3, 0.4) is 0 Å². The van der Waals surface area contributed by atoms with E-state index in [0.717, 1.165) is 5.36 Å². The van der Waals surface area contributed by atoms with Crippen molar-refractivity contribution in [2.24, 2.45) is 4.99 Å². The van der Waals surface area contributed by atoms with E-state index in [4.69, 9.17) is 0 Å². The summed E-state index contributed by atoms with van der Waals surface area (Å²) in [6.07, 6.45) is 5.86. The van der Waals surface area contributed by atoms with Gasteiger partial charge in [-0.05, 0) is 11.5 Å². The minimum absolute atomic E-state index is 1.04. The molecule has 0 radical (unpaired) electrons. The quantitative estimate of drug-likeness (QED) is 0.628. The summed E-state index contributed by atoms with van der Waals surface area (Å²) in [6, 6.07) is 8.20. The first-order valence-corrected chi connectivity index (χ1v) is 5.29. The molecule has 0 saturated heterocycles. The summed E-state index contributed by atoms with van der Waals surface area (Å²) >= 11 is 1.73. The second kappa shape index (κ2) is 3.03. The maximum atomic E-state index is 4.38. The lowest BCUT2D eigenvalue weighted by Gasteiger charge is -2.09. The summed E-state index contributed by atoms with van der Waals surface area (Å²) in [5.74, 6) is 0. The van der Waals surface area contributed by atoms with Crippen LogP contribution in [0.1, 0.15) is 0 Å². The molecule has 0 amide bonds. The van der Waals surface area contributed by atoms with E-state index in [1.54, 1.807) is 11.8 Å². The number of hydrogen-bond acceptors (Lipinski definition) is 3. The summed E-state index contributed by atoms with van der Waals surface area (Å²) in [5, 5.41) is 5.56. The maximum absolute atomic E-state index is 4.38. The molecule has 2 aliphatic rings. The fourth-order valence-electron chi connectivity index (χ4n) is 1.56. The van der Waals surface area contributed by atoms with Crippen LogP contribution in [0, 0.1) is 0 Å². The SMILES string of the molecule is C1=CN2C=CSC2=c2ccccc2=N1. The maximum Gasteiger partial charge on any atom is 0.0927 e. The highest BCUT2D eigenvalue weighted by Gasteiger charge is 2.12. The molecule has 68 valence electrons. The number of thioether (sulfide) groups is 1. The molecule has 0 saturated carbocycles. The first-order chi connectivity index (χ1) is 6.95. The lowest BCUT2D eigenvalue weighted by molar-refractivity contribution is 0.749. The molecule has 3 heteroatoms. The number of benzene rings is 1. The lowest BCUT2D eigenvalue weighted by atomic mass is 10.3. The Kier molecular flexibility index (Phi) is 1.70. The third kappa shape index (κ3) is 1.09. The van der Waals surface area contributed by atoms with E-state index >= 15 is 0 Å². The molecule has 0 aliphatic carbocycles. The van der Waals surface area contributed by atoms with Gasteiger partial charge in [0.15, 0.2) is 0 Å². The van der Waals surface area contributed by atoms with Crippen LogP contribution in [0.4, 0.5) is 0 Å². The second-order valence-electron chi connectivity index (χ2n) is 3.06. The van der Waals surface area contributed by atoms with Crippen molar-refractivity contribution in [2.75, 3.05) is 0 Å². The summed E-state index contributed by atoms with van der Waals surface area (Å²) in [5.41, 5.74) is 0. The highest BCUT2D eigenvalue weighted by atomic mass is 32.2. The number of para-hydroxylation sites is 1. The van der Waals surface area contributed by atoms with Gasteiger partial charge in [0.05, 0.1) is 10.4 Å². The van der Waals surface area contributed by atoms with Gasteiger partial charge in [0, 0.05) is 23.8 Å². The van der Waals surface area contributed by atoms with Crippen molar-refractivity contribution >= 4 is 16.8 Å². The van der Waals surface area contributed by atoms with E-state index in [2.05, 4.69) is 21.4 Å². The molecule has 3 rings (SSSR count). The molecule has 1 aromatic rings. The van der Waals surface area contributed by atoms with Crippen LogP contribution in [-0.2, 0) is 0 Å². The average Bonchev–Trinajstić information content (AvgIpc) is 2.61. The Morgan fingerprint density at radius 2 is 2.07 bits per heavy atom. The second-order valence-corrected chi connectivity index (χ2v) is 3.95.